The van der Waals surface area contributed by atoms with Gasteiger partial charge in [-0.2, -0.15) is 0 Å². The summed E-state index contributed by atoms with van der Waals surface area (Å²) in [6.07, 6.45) is 0.195. The maximum absolute atomic E-state index is 13.3. The van der Waals surface area contributed by atoms with Gasteiger partial charge in [-0.05, 0) is 54.4 Å². The van der Waals surface area contributed by atoms with E-state index >= 15 is 0 Å². The lowest BCUT2D eigenvalue weighted by Gasteiger charge is -2.07. The van der Waals surface area contributed by atoms with E-state index in [1.807, 2.05) is 12.1 Å². The minimum Gasteiger partial charge on any atom is -0.497 e. The van der Waals surface area contributed by atoms with Gasteiger partial charge in [0.25, 0.3) is 0 Å². The summed E-state index contributed by atoms with van der Waals surface area (Å²) in [5.74, 6) is 0.172. The molecular formula is C16H14BrFO2. The lowest BCUT2D eigenvalue weighted by atomic mass is 10.0. The van der Waals surface area contributed by atoms with E-state index in [1.54, 1.807) is 26.2 Å². The Morgan fingerprint density at radius 3 is 2.65 bits per heavy atom. The Hall–Kier alpha value is -1.68. The van der Waals surface area contributed by atoms with Crippen LogP contribution >= 0.6 is 15.9 Å². The molecule has 20 heavy (non-hydrogen) atoms. The fourth-order valence-corrected chi connectivity index (χ4v) is 2.37. The second-order valence-corrected chi connectivity index (χ2v) is 5.43. The topological polar surface area (TPSA) is 26.3 Å². The smallest absolute Gasteiger partial charge is 0.167 e. The molecule has 2 nitrogen and oxygen atoms in total. The van der Waals surface area contributed by atoms with Gasteiger partial charge >= 0.3 is 0 Å². The van der Waals surface area contributed by atoms with Gasteiger partial charge in [-0.25, -0.2) is 4.39 Å². The molecule has 0 aliphatic carbocycles. The summed E-state index contributed by atoms with van der Waals surface area (Å²) in [5.41, 5.74) is 1.94. The van der Waals surface area contributed by atoms with Crippen molar-refractivity contribution in [1.29, 1.82) is 0 Å². The second kappa shape index (κ2) is 6.18. The van der Waals surface area contributed by atoms with Crippen molar-refractivity contribution in [2.45, 2.75) is 13.3 Å². The van der Waals surface area contributed by atoms with Crippen LogP contribution < -0.4 is 4.74 Å². The number of Topliss-reactive ketones (excluding diaryl/α,β-unsaturated/α-hetero) is 1. The van der Waals surface area contributed by atoms with Gasteiger partial charge in [0.05, 0.1) is 7.11 Å². The summed E-state index contributed by atoms with van der Waals surface area (Å²) >= 11 is 3.41. The highest BCUT2D eigenvalue weighted by Gasteiger charge is 2.12. The van der Waals surface area contributed by atoms with Crippen LogP contribution in [0.15, 0.2) is 40.9 Å². The Balaban J connectivity index is 2.27. The summed E-state index contributed by atoms with van der Waals surface area (Å²) in [4.78, 5) is 12.2. The van der Waals surface area contributed by atoms with Crippen LogP contribution in [0.1, 0.15) is 21.5 Å². The van der Waals surface area contributed by atoms with E-state index in [1.165, 1.54) is 12.1 Å². The van der Waals surface area contributed by atoms with Gasteiger partial charge in [-0.3, -0.25) is 4.79 Å². The van der Waals surface area contributed by atoms with E-state index in [0.717, 1.165) is 15.6 Å². The summed E-state index contributed by atoms with van der Waals surface area (Å²) in [6.45, 7) is 1.77. The van der Waals surface area contributed by atoms with E-state index in [2.05, 4.69) is 15.9 Å². The molecule has 0 saturated carbocycles. The van der Waals surface area contributed by atoms with E-state index in [9.17, 15) is 9.18 Å². The molecule has 0 radical (unpaired) electrons. The molecule has 2 aromatic carbocycles. The quantitative estimate of drug-likeness (QED) is 0.776. The van der Waals surface area contributed by atoms with Gasteiger partial charge in [0.15, 0.2) is 5.78 Å². The largest absolute Gasteiger partial charge is 0.497 e. The van der Waals surface area contributed by atoms with E-state index in [0.29, 0.717) is 11.3 Å². The van der Waals surface area contributed by atoms with Gasteiger partial charge in [0.1, 0.15) is 11.6 Å². The number of carbonyl (C=O) groups is 1. The molecule has 0 spiro atoms. The number of methoxy groups -OCH3 is 1. The molecule has 0 N–H and O–H groups in total. The first-order valence-corrected chi connectivity index (χ1v) is 6.91. The number of carbonyl (C=O) groups excluding carboxylic acids is 1. The third-order valence-electron chi connectivity index (χ3n) is 2.97. The Morgan fingerprint density at radius 2 is 2.00 bits per heavy atom. The highest BCUT2D eigenvalue weighted by atomic mass is 79.9. The maximum atomic E-state index is 13.3. The van der Waals surface area contributed by atoms with Crippen molar-refractivity contribution in [3.05, 3.63) is 63.4 Å². The van der Waals surface area contributed by atoms with Crippen molar-refractivity contribution in [1.82, 2.24) is 0 Å². The predicted octanol–water partition coefficient (Wildman–Crippen LogP) is 4.33. The van der Waals surface area contributed by atoms with Crippen LogP contribution in [0.4, 0.5) is 4.39 Å². The molecular weight excluding hydrogens is 323 g/mol. The van der Waals surface area contributed by atoms with Crippen LogP contribution in [0.3, 0.4) is 0 Å². The Labute approximate surface area is 125 Å². The van der Waals surface area contributed by atoms with Crippen molar-refractivity contribution in [2.75, 3.05) is 7.11 Å². The molecule has 0 aliphatic heterocycles. The summed E-state index contributed by atoms with van der Waals surface area (Å²) in [5, 5.41) is 0. The Bertz CT molecular complexity index is 633. The third-order valence-corrected chi connectivity index (χ3v) is 3.74. The Morgan fingerprint density at radius 1 is 1.25 bits per heavy atom. The zero-order valence-corrected chi connectivity index (χ0v) is 12.8. The molecule has 0 amide bonds. The highest BCUT2D eigenvalue weighted by Crippen LogP contribution is 2.24. The van der Waals surface area contributed by atoms with Crippen LogP contribution in [-0.4, -0.2) is 12.9 Å². The molecule has 104 valence electrons. The molecule has 0 aliphatic rings. The van der Waals surface area contributed by atoms with Crippen molar-refractivity contribution in [2.24, 2.45) is 0 Å². The fourth-order valence-electron chi connectivity index (χ4n) is 1.99. The summed E-state index contributed by atoms with van der Waals surface area (Å²) in [7, 11) is 1.57. The molecule has 0 heterocycles. The van der Waals surface area contributed by atoms with Crippen LogP contribution in [0, 0.1) is 12.7 Å². The number of hydrogen-bond acceptors (Lipinski definition) is 2. The van der Waals surface area contributed by atoms with Gasteiger partial charge in [-0.15, -0.1) is 0 Å². The molecule has 0 saturated heterocycles. The number of hydrogen-bond donors (Lipinski definition) is 0. The molecule has 2 aromatic rings. The Kier molecular flexibility index (Phi) is 4.55. The zero-order chi connectivity index (χ0) is 14.7. The van der Waals surface area contributed by atoms with Crippen LogP contribution in [0.2, 0.25) is 0 Å². The lowest BCUT2D eigenvalue weighted by Crippen LogP contribution is -2.05. The average Bonchev–Trinajstić information content (AvgIpc) is 2.40. The standard InChI is InChI=1S/C16H14BrFO2/c1-10-5-12(7-13(18)6-10)16(19)9-11-8-14(20-2)3-4-15(11)17/h3-8H,9H2,1-2H3. The zero-order valence-electron chi connectivity index (χ0n) is 11.2. The lowest BCUT2D eigenvalue weighted by molar-refractivity contribution is 0.0992. The number of ketones is 1. The van der Waals surface area contributed by atoms with Crippen molar-refractivity contribution in [3.8, 4) is 5.75 Å². The fraction of sp³-hybridized carbons (Fsp3) is 0.188. The monoisotopic (exact) mass is 336 g/mol. The van der Waals surface area contributed by atoms with Gasteiger partial charge in [0.2, 0.25) is 0 Å². The van der Waals surface area contributed by atoms with E-state index < -0.39 is 5.82 Å². The van der Waals surface area contributed by atoms with Crippen LogP contribution in [0.5, 0.6) is 5.75 Å². The summed E-state index contributed by atoms with van der Waals surface area (Å²) < 4.78 is 19.3. The molecule has 0 bridgehead atoms. The van der Waals surface area contributed by atoms with Gasteiger partial charge in [-0.1, -0.05) is 15.9 Å². The molecule has 0 atom stereocenters. The molecule has 0 fully saturated rings. The minimum absolute atomic E-state index is 0.124. The molecule has 2 rings (SSSR count). The number of aryl methyl sites for hydroxylation is 1. The number of benzene rings is 2. The number of rotatable bonds is 4. The number of ether oxygens (including phenoxy) is 1. The molecule has 0 aromatic heterocycles. The van der Waals surface area contributed by atoms with E-state index in [4.69, 9.17) is 4.74 Å². The van der Waals surface area contributed by atoms with Gasteiger partial charge < -0.3 is 4.74 Å². The predicted molar refractivity (Wildman–Crippen MR) is 79.9 cm³/mol. The first kappa shape index (κ1) is 14.7. The first-order chi connectivity index (χ1) is 9.49. The average molecular weight is 337 g/mol. The normalized spacial score (nSPS) is 10.4. The second-order valence-electron chi connectivity index (χ2n) is 4.57. The molecule has 0 unspecified atom stereocenters. The first-order valence-electron chi connectivity index (χ1n) is 6.12. The highest BCUT2D eigenvalue weighted by molar-refractivity contribution is 9.10. The SMILES string of the molecule is COc1ccc(Br)c(CC(=O)c2cc(C)cc(F)c2)c1. The molecule has 4 heteroatoms. The van der Waals surface area contributed by atoms with E-state index in [-0.39, 0.29) is 12.2 Å². The van der Waals surface area contributed by atoms with Crippen LogP contribution in [0.25, 0.3) is 0 Å². The van der Waals surface area contributed by atoms with Gasteiger partial charge in [0, 0.05) is 16.5 Å². The number of halogens is 2. The van der Waals surface area contributed by atoms with Crippen LogP contribution in [-0.2, 0) is 6.42 Å². The third kappa shape index (κ3) is 3.45. The van der Waals surface area contributed by atoms with Crippen molar-refractivity contribution >= 4 is 21.7 Å². The van der Waals surface area contributed by atoms with Crippen molar-refractivity contribution < 1.29 is 13.9 Å². The maximum Gasteiger partial charge on any atom is 0.167 e. The summed E-state index contributed by atoms with van der Waals surface area (Å²) in [6, 6.07) is 9.80. The van der Waals surface area contributed by atoms with Crippen molar-refractivity contribution in [3.63, 3.8) is 0 Å². The minimum atomic E-state index is -0.391.